The summed E-state index contributed by atoms with van der Waals surface area (Å²) in [5.74, 6) is 0.495. The smallest absolute Gasteiger partial charge is 0.241 e. The second-order valence-corrected chi connectivity index (χ2v) is 14.8. The summed E-state index contributed by atoms with van der Waals surface area (Å²) < 4.78 is 6.36. The average molecular weight is 406 g/mol. The van der Waals surface area contributed by atoms with Gasteiger partial charge in [-0.3, -0.25) is 15.0 Å². The van der Waals surface area contributed by atoms with E-state index in [-0.39, 0.29) is 23.2 Å². The molecule has 0 spiro atoms. The molecule has 0 radical (unpaired) electrons. The number of hydrogen-bond donors (Lipinski definition) is 2. The Hall–Kier alpha value is -1.21. The van der Waals surface area contributed by atoms with Crippen LogP contribution in [-0.4, -0.2) is 51.0 Å². The summed E-state index contributed by atoms with van der Waals surface area (Å²) in [6.45, 7) is 16.4. The van der Waals surface area contributed by atoms with Crippen LogP contribution >= 0.6 is 0 Å². The van der Waals surface area contributed by atoms with Crippen molar-refractivity contribution in [1.29, 1.82) is 0 Å². The molecule has 1 aromatic rings. The number of rotatable bonds is 9. The summed E-state index contributed by atoms with van der Waals surface area (Å²) in [5.41, 5.74) is 0.844. The van der Waals surface area contributed by atoms with Crippen molar-refractivity contribution in [2.75, 3.05) is 19.0 Å². The third kappa shape index (κ3) is 6.14. The minimum atomic E-state index is -1.76. The minimum absolute atomic E-state index is 0.0557. The van der Waals surface area contributed by atoms with Gasteiger partial charge in [0, 0.05) is 5.69 Å². The van der Waals surface area contributed by atoms with Gasteiger partial charge in [0.25, 0.3) is 0 Å². The maximum absolute atomic E-state index is 13.0. The third-order valence-corrected chi connectivity index (χ3v) is 10.6. The molecular formula is C22H39N3O2Si. The average Bonchev–Trinajstić information content (AvgIpc) is 3.37. The summed E-state index contributed by atoms with van der Waals surface area (Å²) >= 11 is 0. The van der Waals surface area contributed by atoms with Gasteiger partial charge in [0.15, 0.2) is 8.32 Å². The van der Waals surface area contributed by atoms with Gasteiger partial charge in [0.05, 0.1) is 24.9 Å². The van der Waals surface area contributed by atoms with Crippen LogP contribution in [0.25, 0.3) is 0 Å². The van der Waals surface area contributed by atoms with E-state index in [0.29, 0.717) is 18.6 Å². The van der Waals surface area contributed by atoms with Gasteiger partial charge in [-0.25, -0.2) is 0 Å². The molecule has 2 N–H and O–H groups in total. The molecule has 1 aliphatic rings. The van der Waals surface area contributed by atoms with Crippen LogP contribution in [0.3, 0.4) is 0 Å². The number of hydrogen-bond acceptors (Lipinski definition) is 4. The summed E-state index contributed by atoms with van der Waals surface area (Å²) in [7, 11) is 0.287. The van der Waals surface area contributed by atoms with Gasteiger partial charge in [0.2, 0.25) is 5.91 Å². The van der Waals surface area contributed by atoms with Crippen LogP contribution in [0.5, 0.6) is 0 Å². The van der Waals surface area contributed by atoms with Crippen LogP contribution in [0, 0.1) is 5.92 Å². The van der Waals surface area contributed by atoms with Crippen molar-refractivity contribution in [2.24, 2.45) is 5.92 Å². The molecule has 2 rings (SSSR count). The van der Waals surface area contributed by atoms with Crippen LogP contribution in [0.15, 0.2) is 30.3 Å². The highest BCUT2D eigenvalue weighted by molar-refractivity contribution is 6.74. The quantitative estimate of drug-likeness (QED) is 0.475. The number of nitrogens with zero attached hydrogens (tertiary/aromatic N) is 1. The van der Waals surface area contributed by atoms with Gasteiger partial charge in [-0.05, 0) is 49.7 Å². The van der Waals surface area contributed by atoms with E-state index in [2.05, 4.69) is 63.2 Å². The van der Waals surface area contributed by atoms with E-state index in [0.717, 1.165) is 12.1 Å². The van der Waals surface area contributed by atoms with E-state index in [1.807, 2.05) is 37.4 Å². The van der Waals surface area contributed by atoms with Crippen molar-refractivity contribution in [2.45, 2.75) is 77.4 Å². The molecule has 1 aliphatic heterocycles. The van der Waals surface area contributed by atoms with Crippen LogP contribution < -0.4 is 10.6 Å². The van der Waals surface area contributed by atoms with Crippen LogP contribution in [-0.2, 0) is 9.22 Å². The number of para-hydroxylation sites is 1. The lowest BCUT2D eigenvalue weighted by molar-refractivity contribution is -0.121. The Labute approximate surface area is 172 Å². The van der Waals surface area contributed by atoms with Crippen LogP contribution in [0.4, 0.5) is 5.69 Å². The molecule has 0 unspecified atom stereocenters. The van der Waals surface area contributed by atoms with Crippen molar-refractivity contribution in [3.8, 4) is 0 Å². The van der Waals surface area contributed by atoms with Gasteiger partial charge in [-0.2, -0.15) is 0 Å². The maximum atomic E-state index is 13.0. The molecule has 0 aliphatic carbocycles. The molecular weight excluding hydrogens is 366 g/mol. The predicted octanol–water partition coefficient (Wildman–Crippen LogP) is 4.29. The predicted molar refractivity (Wildman–Crippen MR) is 120 cm³/mol. The molecule has 3 atom stereocenters. The van der Waals surface area contributed by atoms with Crippen LogP contribution in [0.1, 0.15) is 41.0 Å². The highest BCUT2D eigenvalue weighted by Gasteiger charge is 2.46. The fraction of sp³-hybridized carbons (Fsp3) is 0.682. The molecule has 0 aromatic heterocycles. The van der Waals surface area contributed by atoms with Crippen molar-refractivity contribution >= 4 is 19.9 Å². The van der Waals surface area contributed by atoms with E-state index in [9.17, 15) is 4.79 Å². The summed E-state index contributed by atoms with van der Waals surface area (Å²) in [4.78, 5) is 15.2. The number of nitrogens with one attached hydrogen (secondary N) is 2. The number of anilines is 1. The molecule has 1 aromatic carbocycles. The van der Waals surface area contributed by atoms with E-state index in [1.54, 1.807) is 0 Å². The first-order valence-electron chi connectivity index (χ1n) is 10.4. The highest BCUT2D eigenvalue weighted by atomic mass is 28.4. The standard InChI is InChI=1S/C22H39N3O2Si/c1-16(2)14-19(21(26)23-17-12-10-9-11-13-17)25(6)20-18(24-20)15-27-28(7,8)22(3,4)5/h9-13,16,18-20,24H,14-15H2,1-8H3,(H,23,26)/t18-,19+,20-/m1/s1. The lowest BCUT2D eigenvalue weighted by Crippen LogP contribution is -2.46. The second-order valence-electron chi connectivity index (χ2n) is 9.96. The first kappa shape index (κ1) is 23.1. The zero-order valence-corrected chi connectivity index (χ0v) is 19.9. The van der Waals surface area contributed by atoms with Crippen molar-refractivity contribution in [3.63, 3.8) is 0 Å². The normalized spacial score (nSPS) is 21.1. The van der Waals surface area contributed by atoms with Crippen molar-refractivity contribution in [1.82, 2.24) is 10.2 Å². The Bertz CT molecular complexity index is 643. The first-order valence-corrected chi connectivity index (χ1v) is 13.3. The summed E-state index contributed by atoms with van der Waals surface area (Å²) in [6, 6.07) is 9.80. The first-order chi connectivity index (χ1) is 12.9. The Morgan fingerprint density at radius 1 is 1.25 bits per heavy atom. The number of carbonyl (C=O) groups excluding carboxylic acids is 1. The van der Waals surface area contributed by atoms with E-state index in [1.165, 1.54) is 0 Å². The van der Waals surface area contributed by atoms with Gasteiger partial charge in [-0.1, -0.05) is 52.8 Å². The van der Waals surface area contributed by atoms with Gasteiger partial charge in [0.1, 0.15) is 0 Å². The molecule has 1 saturated heterocycles. The van der Waals surface area contributed by atoms with E-state index in [4.69, 9.17) is 4.43 Å². The van der Waals surface area contributed by atoms with Crippen LogP contribution in [0.2, 0.25) is 18.1 Å². The Balaban J connectivity index is 1.96. The number of amides is 1. The zero-order chi connectivity index (χ0) is 21.1. The molecule has 1 amide bonds. The lowest BCUT2D eigenvalue weighted by Gasteiger charge is -2.36. The Morgan fingerprint density at radius 3 is 2.39 bits per heavy atom. The Morgan fingerprint density at radius 2 is 1.86 bits per heavy atom. The Kier molecular flexibility index (Phi) is 7.48. The summed E-state index contributed by atoms with van der Waals surface area (Å²) in [5, 5.41) is 6.78. The van der Waals surface area contributed by atoms with Crippen molar-refractivity contribution in [3.05, 3.63) is 30.3 Å². The number of likely N-dealkylation sites (N-methyl/N-ethyl adjacent to an activating group) is 1. The third-order valence-electron chi connectivity index (χ3n) is 6.06. The minimum Gasteiger partial charge on any atom is -0.415 e. The second kappa shape index (κ2) is 9.07. The fourth-order valence-electron chi connectivity index (χ4n) is 3.06. The SMILES string of the molecule is CC(C)C[C@@H](C(=O)Nc1ccccc1)N(C)[C@H]1N[C@@H]1CO[Si](C)(C)C(C)(C)C. The van der Waals surface area contributed by atoms with Gasteiger partial charge in [-0.15, -0.1) is 0 Å². The molecule has 5 nitrogen and oxygen atoms in total. The summed E-state index contributed by atoms with van der Waals surface area (Å²) in [6.07, 6.45) is 1.01. The monoisotopic (exact) mass is 405 g/mol. The van der Waals surface area contributed by atoms with E-state index < -0.39 is 8.32 Å². The molecule has 1 heterocycles. The van der Waals surface area contributed by atoms with Gasteiger partial charge < -0.3 is 9.74 Å². The maximum Gasteiger partial charge on any atom is 0.241 e. The largest absolute Gasteiger partial charge is 0.415 e. The molecule has 158 valence electrons. The molecule has 28 heavy (non-hydrogen) atoms. The van der Waals surface area contributed by atoms with Crippen molar-refractivity contribution < 1.29 is 9.22 Å². The van der Waals surface area contributed by atoms with E-state index >= 15 is 0 Å². The molecule has 0 bridgehead atoms. The number of carbonyl (C=O) groups is 1. The lowest BCUT2D eigenvalue weighted by atomic mass is 10.0. The molecule has 0 saturated carbocycles. The fourth-order valence-corrected chi connectivity index (χ4v) is 4.09. The zero-order valence-electron chi connectivity index (χ0n) is 18.9. The number of benzene rings is 1. The highest BCUT2D eigenvalue weighted by Crippen LogP contribution is 2.37. The molecule has 1 fully saturated rings. The van der Waals surface area contributed by atoms with Gasteiger partial charge >= 0.3 is 0 Å². The topological polar surface area (TPSA) is 63.5 Å². The molecule has 6 heteroatoms.